The molecule has 0 fully saturated rings. The Morgan fingerprint density at radius 3 is 2.45 bits per heavy atom. The number of anilines is 1. The van der Waals surface area contributed by atoms with Crippen LogP contribution in [0.5, 0.6) is 0 Å². The Bertz CT molecular complexity index is 1570. The van der Waals surface area contributed by atoms with Crippen LogP contribution in [-0.2, 0) is 0 Å². The summed E-state index contributed by atoms with van der Waals surface area (Å²) in [6.07, 6.45) is 1.25. The molecule has 5 aromatic rings. The van der Waals surface area contributed by atoms with Gasteiger partial charge >= 0.3 is 5.63 Å². The lowest BCUT2D eigenvalue weighted by atomic mass is 10.0. The monoisotopic (exact) mass is 434 g/mol. The summed E-state index contributed by atoms with van der Waals surface area (Å²) in [5.41, 5.74) is 3.56. The average Bonchev–Trinajstić information content (AvgIpc) is 3.29. The molecule has 2 aromatic heterocycles. The first-order valence-electron chi connectivity index (χ1n) is 10.5. The molecular weight excluding hydrogens is 416 g/mol. The van der Waals surface area contributed by atoms with E-state index in [1.165, 1.54) is 0 Å². The highest BCUT2D eigenvalue weighted by Crippen LogP contribution is 2.32. The van der Waals surface area contributed by atoms with Gasteiger partial charge in [0, 0.05) is 22.8 Å². The van der Waals surface area contributed by atoms with Crippen molar-refractivity contribution < 1.29 is 9.21 Å². The van der Waals surface area contributed by atoms with E-state index >= 15 is 0 Å². The number of carbonyl (C=O) groups is 1. The lowest BCUT2D eigenvalue weighted by molar-refractivity contribution is 0.0936. The highest BCUT2D eigenvalue weighted by atomic mass is 16.4. The second-order valence-corrected chi connectivity index (χ2v) is 7.79. The molecular formula is C26H18N4O3. The standard InChI is InChI=1S/C26H18N4O3/c31-25-18-11-5-6-12-21(18)27-24(28-25)20-15-30(17-9-2-1-3-10-17)29-23(20)19-14-16-8-4-7-13-22(16)33-26(19)32/h1-15,24,27H,(H,28,31)/t24-/m1/s1. The van der Waals surface area contributed by atoms with Gasteiger partial charge in [0.15, 0.2) is 0 Å². The topological polar surface area (TPSA) is 89.2 Å². The summed E-state index contributed by atoms with van der Waals surface area (Å²) in [7, 11) is 0. The Hall–Kier alpha value is -4.65. The van der Waals surface area contributed by atoms with Gasteiger partial charge < -0.3 is 15.1 Å². The molecule has 7 heteroatoms. The van der Waals surface area contributed by atoms with Gasteiger partial charge in [-0.05, 0) is 36.4 Å². The van der Waals surface area contributed by atoms with E-state index < -0.39 is 11.8 Å². The zero-order chi connectivity index (χ0) is 22.4. The summed E-state index contributed by atoms with van der Waals surface area (Å²) in [5.74, 6) is -0.196. The van der Waals surface area contributed by atoms with Crippen LogP contribution in [0.1, 0.15) is 22.1 Å². The fourth-order valence-electron chi connectivity index (χ4n) is 4.11. The maximum atomic E-state index is 13.0. The van der Waals surface area contributed by atoms with Crippen LogP contribution in [0.25, 0.3) is 27.9 Å². The van der Waals surface area contributed by atoms with E-state index in [4.69, 9.17) is 9.52 Å². The fraction of sp³-hybridized carbons (Fsp3) is 0.0385. The Labute approximate surface area is 188 Å². The van der Waals surface area contributed by atoms with Crippen molar-refractivity contribution in [2.45, 2.75) is 6.17 Å². The number of nitrogens with zero attached hydrogens (tertiary/aromatic N) is 2. The highest BCUT2D eigenvalue weighted by Gasteiger charge is 2.29. The van der Waals surface area contributed by atoms with Gasteiger partial charge in [-0.15, -0.1) is 0 Å². The molecule has 3 heterocycles. The molecule has 0 aliphatic carbocycles. The minimum absolute atomic E-state index is 0.196. The molecule has 3 aromatic carbocycles. The zero-order valence-corrected chi connectivity index (χ0v) is 17.4. The minimum atomic E-state index is -0.578. The normalized spacial score (nSPS) is 15.0. The lowest BCUT2D eigenvalue weighted by Crippen LogP contribution is -2.38. The first-order chi connectivity index (χ1) is 16.2. The molecule has 7 nitrogen and oxygen atoms in total. The number of benzene rings is 3. The number of fused-ring (bicyclic) bond motifs is 2. The third-order valence-corrected chi connectivity index (χ3v) is 5.72. The summed E-state index contributed by atoms with van der Waals surface area (Å²) in [6, 6.07) is 26.0. The number of amides is 1. The quantitative estimate of drug-likeness (QED) is 0.408. The second kappa shape index (κ2) is 7.49. The third kappa shape index (κ3) is 3.27. The first-order valence-corrected chi connectivity index (χ1v) is 10.5. The van der Waals surface area contributed by atoms with E-state index in [-0.39, 0.29) is 5.91 Å². The first kappa shape index (κ1) is 19.1. The Balaban J connectivity index is 1.54. The summed E-state index contributed by atoms with van der Waals surface area (Å²) < 4.78 is 7.27. The minimum Gasteiger partial charge on any atom is -0.422 e. The molecule has 1 atom stereocenters. The predicted octanol–water partition coefficient (Wildman–Crippen LogP) is 4.50. The van der Waals surface area contributed by atoms with Crippen LogP contribution < -0.4 is 16.3 Å². The molecule has 0 saturated carbocycles. The highest BCUT2D eigenvalue weighted by molar-refractivity contribution is 6.01. The smallest absolute Gasteiger partial charge is 0.345 e. The summed E-state index contributed by atoms with van der Waals surface area (Å²) >= 11 is 0. The van der Waals surface area contributed by atoms with Crippen molar-refractivity contribution in [3.05, 3.63) is 113 Å². The van der Waals surface area contributed by atoms with Gasteiger partial charge in [-0.1, -0.05) is 48.5 Å². The molecule has 33 heavy (non-hydrogen) atoms. The van der Waals surface area contributed by atoms with E-state index in [1.54, 1.807) is 22.9 Å². The molecule has 1 aliphatic rings. The number of hydrogen-bond acceptors (Lipinski definition) is 5. The number of hydrogen-bond donors (Lipinski definition) is 2. The van der Waals surface area contributed by atoms with Crippen molar-refractivity contribution in [1.82, 2.24) is 15.1 Å². The summed E-state index contributed by atoms with van der Waals surface area (Å²) in [5, 5.41) is 11.9. The van der Waals surface area contributed by atoms with E-state index in [2.05, 4.69) is 10.6 Å². The molecule has 2 N–H and O–H groups in total. The predicted molar refractivity (Wildman–Crippen MR) is 125 cm³/mol. The summed E-state index contributed by atoms with van der Waals surface area (Å²) in [4.78, 5) is 25.7. The van der Waals surface area contributed by atoms with Crippen molar-refractivity contribution in [2.24, 2.45) is 0 Å². The fourth-order valence-corrected chi connectivity index (χ4v) is 4.11. The second-order valence-electron chi connectivity index (χ2n) is 7.79. The van der Waals surface area contributed by atoms with Crippen LogP contribution in [0.2, 0.25) is 0 Å². The van der Waals surface area contributed by atoms with Crippen LogP contribution in [0.15, 0.2) is 100 Å². The maximum Gasteiger partial charge on any atom is 0.345 e. The van der Waals surface area contributed by atoms with Gasteiger partial charge in [0.1, 0.15) is 17.4 Å². The number of aromatic nitrogens is 2. The van der Waals surface area contributed by atoms with Gasteiger partial charge in [0.2, 0.25) is 0 Å². The molecule has 0 unspecified atom stereocenters. The van der Waals surface area contributed by atoms with Gasteiger partial charge in [0.05, 0.1) is 16.8 Å². The van der Waals surface area contributed by atoms with Gasteiger partial charge in [-0.3, -0.25) is 4.79 Å². The Kier molecular flexibility index (Phi) is 4.33. The van der Waals surface area contributed by atoms with E-state index in [0.29, 0.717) is 28.0 Å². The van der Waals surface area contributed by atoms with Crippen LogP contribution in [0.4, 0.5) is 5.69 Å². The largest absolute Gasteiger partial charge is 0.422 e. The van der Waals surface area contributed by atoms with Crippen molar-refractivity contribution in [1.29, 1.82) is 0 Å². The third-order valence-electron chi connectivity index (χ3n) is 5.72. The summed E-state index contributed by atoms with van der Waals surface area (Å²) in [6.45, 7) is 0. The molecule has 0 radical (unpaired) electrons. The van der Waals surface area contributed by atoms with Crippen LogP contribution in [0.3, 0.4) is 0 Å². The molecule has 160 valence electrons. The molecule has 1 aliphatic heterocycles. The van der Waals surface area contributed by atoms with Crippen LogP contribution >= 0.6 is 0 Å². The zero-order valence-electron chi connectivity index (χ0n) is 17.4. The lowest BCUT2D eigenvalue weighted by Gasteiger charge is -2.27. The molecule has 0 saturated heterocycles. The molecule has 6 rings (SSSR count). The van der Waals surface area contributed by atoms with Crippen molar-refractivity contribution in [2.75, 3.05) is 5.32 Å². The van der Waals surface area contributed by atoms with Crippen molar-refractivity contribution in [3.8, 4) is 16.9 Å². The van der Waals surface area contributed by atoms with Gasteiger partial charge in [-0.25, -0.2) is 9.48 Å². The van der Waals surface area contributed by atoms with E-state index in [0.717, 1.165) is 16.8 Å². The number of rotatable bonds is 3. The number of carbonyl (C=O) groups excluding carboxylic acids is 1. The van der Waals surface area contributed by atoms with Gasteiger partial charge in [0.25, 0.3) is 5.91 Å². The molecule has 1 amide bonds. The van der Waals surface area contributed by atoms with Crippen molar-refractivity contribution in [3.63, 3.8) is 0 Å². The number of para-hydroxylation sites is 3. The van der Waals surface area contributed by atoms with Crippen LogP contribution in [-0.4, -0.2) is 15.7 Å². The van der Waals surface area contributed by atoms with E-state index in [1.807, 2.05) is 72.9 Å². The maximum absolute atomic E-state index is 13.0. The Morgan fingerprint density at radius 1 is 0.818 bits per heavy atom. The average molecular weight is 434 g/mol. The van der Waals surface area contributed by atoms with Crippen LogP contribution in [0, 0.1) is 0 Å². The van der Waals surface area contributed by atoms with Gasteiger partial charge in [-0.2, -0.15) is 5.10 Å². The molecule has 0 spiro atoms. The number of nitrogens with one attached hydrogen (secondary N) is 2. The Morgan fingerprint density at radius 2 is 1.58 bits per heavy atom. The molecule has 0 bridgehead atoms. The SMILES string of the molecule is O=C1N[C@H](c2cn(-c3ccccc3)nc2-c2cc3ccccc3oc2=O)Nc2ccccc21. The van der Waals surface area contributed by atoms with E-state index in [9.17, 15) is 9.59 Å². The van der Waals surface area contributed by atoms with Crippen molar-refractivity contribution >= 4 is 22.6 Å².